The summed E-state index contributed by atoms with van der Waals surface area (Å²) in [7, 11) is 1.56. The standard InChI is InChI=1S/C15H19BrF2O2/c1-20-15(7-3-2-4-8-15)13(19)9-10-12(17)6-5-11(16)14(10)18/h5-6,13,19H,2-4,7-9H2,1H3. The Labute approximate surface area is 126 Å². The molecule has 0 bridgehead atoms. The number of benzene rings is 1. The summed E-state index contributed by atoms with van der Waals surface area (Å²) in [4.78, 5) is 0. The van der Waals surface area contributed by atoms with Crippen molar-refractivity contribution in [2.24, 2.45) is 0 Å². The fourth-order valence-electron chi connectivity index (χ4n) is 2.96. The molecule has 1 atom stereocenters. The van der Waals surface area contributed by atoms with Crippen LogP contribution in [0.25, 0.3) is 0 Å². The van der Waals surface area contributed by atoms with E-state index < -0.39 is 23.3 Å². The number of hydrogen-bond acceptors (Lipinski definition) is 2. The lowest BCUT2D eigenvalue weighted by Gasteiger charge is -2.40. The second-order valence-electron chi connectivity index (χ2n) is 5.37. The summed E-state index contributed by atoms with van der Waals surface area (Å²) in [5, 5.41) is 10.4. The van der Waals surface area contributed by atoms with E-state index in [0.29, 0.717) is 0 Å². The monoisotopic (exact) mass is 348 g/mol. The maximum absolute atomic E-state index is 14.0. The Kier molecular flexibility index (Phi) is 5.15. The molecule has 0 aliphatic heterocycles. The van der Waals surface area contributed by atoms with Crippen LogP contribution in [0.4, 0.5) is 8.78 Å². The van der Waals surface area contributed by atoms with Crippen LogP contribution >= 0.6 is 15.9 Å². The van der Waals surface area contributed by atoms with Crippen LogP contribution in [0.2, 0.25) is 0 Å². The smallest absolute Gasteiger partial charge is 0.143 e. The van der Waals surface area contributed by atoms with Crippen molar-refractivity contribution in [3.8, 4) is 0 Å². The van der Waals surface area contributed by atoms with E-state index in [2.05, 4.69) is 15.9 Å². The second kappa shape index (κ2) is 6.50. The van der Waals surface area contributed by atoms with E-state index in [0.717, 1.165) is 32.1 Å². The molecule has 0 spiro atoms. The summed E-state index contributed by atoms with van der Waals surface area (Å²) < 4.78 is 33.5. The first-order chi connectivity index (χ1) is 9.50. The zero-order valence-electron chi connectivity index (χ0n) is 11.5. The molecule has 1 N–H and O–H groups in total. The maximum atomic E-state index is 14.0. The molecule has 1 aromatic carbocycles. The van der Waals surface area contributed by atoms with Crippen LogP contribution in [-0.4, -0.2) is 23.9 Å². The number of halogens is 3. The molecule has 0 heterocycles. The van der Waals surface area contributed by atoms with Gasteiger partial charge in [0.25, 0.3) is 0 Å². The number of rotatable bonds is 4. The molecule has 5 heteroatoms. The van der Waals surface area contributed by atoms with Crippen molar-refractivity contribution in [1.29, 1.82) is 0 Å². The molecular formula is C15H19BrF2O2. The third-order valence-corrected chi connectivity index (χ3v) is 4.86. The molecule has 1 aliphatic carbocycles. The Morgan fingerprint density at radius 1 is 1.30 bits per heavy atom. The molecule has 1 aliphatic rings. The molecule has 2 rings (SSSR count). The number of aliphatic hydroxyl groups is 1. The molecule has 0 aromatic heterocycles. The van der Waals surface area contributed by atoms with Gasteiger partial charge in [0.05, 0.1) is 16.2 Å². The minimum atomic E-state index is -0.911. The first-order valence-corrected chi connectivity index (χ1v) is 7.65. The lowest BCUT2D eigenvalue weighted by molar-refractivity contribution is -0.122. The maximum Gasteiger partial charge on any atom is 0.143 e. The average molecular weight is 349 g/mol. The summed E-state index contributed by atoms with van der Waals surface area (Å²) >= 11 is 3.04. The van der Waals surface area contributed by atoms with Crippen LogP contribution in [0, 0.1) is 11.6 Å². The summed E-state index contributed by atoms with van der Waals surface area (Å²) in [5.74, 6) is -1.28. The van der Waals surface area contributed by atoms with Crippen LogP contribution < -0.4 is 0 Å². The van der Waals surface area contributed by atoms with Gasteiger partial charge in [-0.05, 0) is 40.9 Å². The summed E-state index contributed by atoms with van der Waals surface area (Å²) in [5.41, 5.74) is -0.770. The van der Waals surface area contributed by atoms with Gasteiger partial charge in [-0.1, -0.05) is 19.3 Å². The molecule has 1 aromatic rings. The van der Waals surface area contributed by atoms with Crippen molar-refractivity contribution >= 4 is 15.9 Å². The molecule has 20 heavy (non-hydrogen) atoms. The van der Waals surface area contributed by atoms with Gasteiger partial charge >= 0.3 is 0 Å². The molecular weight excluding hydrogens is 330 g/mol. The highest BCUT2D eigenvalue weighted by molar-refractivity contribution is 9.10. The van der Waals surface area contributed by atoms with Crippen molar-refractivity contribution < 1.29 is 18.6 Å². The third-order valence-electron chi connectivity index (χ3n) is 4.25. The number of aliphatic hydroxyl groups excluding tert-OH is 1. The molecule has 1 unspecified atom stereocenters. The minimum Gasteiger partial charge on any atom is -0.390 e. The van der Waals surface area contributed by atoms with Gasteiger partial charge in [-0.25, -0.2) is 8.78 Å². The number of methoxy groups -OCH3 is 1. The van der Waals surface area contributed by atoms with Crippen molar-refractivity contribution in [3.63, 3.8) is 0 Å². The van der Waals surface area contributed by atoms with Gasteiger partial charge < -0.3 is 9.84 Å². The first-order valence-electron chi connectivity index (χ1n) is 6.86. The van der Waals surface area contributed by atoms with E-state index in [9.17, 15) is 13.9 Å². The van der Waals surface area contributed by atoms with Crippen molar-refractivity contribution in [2.75, 3.05) is 7.11 Å². The summed E-state index contributed by atoms with van der Waals surface area (Å²) in [6.07, 6.45) is 3.50. The summed E-state index contributed by atoms with van der Waals surface area (Å²) in [6, 6.07) is 2.53. The molecule has 1 fully saturated rings. The normalized spacial score (nSPS) is 19.9. The highest BCUT2D eigenvalue weighted by atomic mass is 79.9. The van der Waals surface area contributed by atoms with Crippen LogP contribution in [0.5, 0.6) is 0 Å². The molecule has 2 nitrogen and oxygen atoms in total. The zero-order chi connectivity index (χ0) is 14.8. The van der Waals surface area contributed by atoms with E-state index in [1.165, 1.54) is 12.1 Å². The third kappa shape index (κ3) is 3.05. The Hall–Kier alpha value is -0.520. The van der Waals surface area contributed by atoms with Gasteiger partial charge in [0.2, 0.25) is 0 Å². The minimum absolute atomic E-state index is 0.0784. The zero-order valence-corrected chi connectivity index (χ0v) is 13.1. The second-order valence-corrected chi connectivity index (χ2v) is 6.23. The van der Waals surface area contributed by atoms with Gasteiger partial charge in [-0.2, -0.15) is 0 Å². The van der Waals surface area contributed by atoms with E-state index in [-0.39, 0.29) is 16.5 Å². The lowest BCUT2D eigenvalue weighted by atomic mass is 9.78. The molecule has 112 valence electrons. The molecule has 0 saturated heterocycles. The van der Waals surface area contributed by atoms with E-state index in [1.807, 2.05) is 0 Å². The fourth-order valence-corrected chi connectivity index (χ4v) is 3.33. The van der Waals surface area contributed by atoms with E-state index in [4.69, 9.17) is 4.74 Å². The van der Waals surface area contributed by atoms with Gasteiger partial charge in [0.1, 0.15) is 11.6 Å². The quantitative estimate of drug-likeness (QED) is 0.834. The predicted octanol–water partition coefficient (Wildman–Crippen LogP) is 3.98. The molecule has 0 radical (unpaired) electrons. The highest BCUT2D eigenvalue weighted by Gasteiger charge is 2.39. The van der Waals surface area contributed by atoms with Gasteiger partial charge in [0, 0.05) is 19.1 Å². The number of ether oxygens (including phenoxy) is 1. The Morgan fingerprint density at radius 3 is 2.55 bits per heavy atom. The van der Waals surface area contributed by atoms with Crippen LogP contribution in [-0.2, 0) is 11.2 Å². The Morgan fingerprint density at radius 2 is 1.95 bits per heavy atom. The fraction of sp³-hybridized carbons (Fsp3) is 0.600. The summed E-state index contributed by atoms with van der Waals surface area (Å²) in [6.45, 7) is 0. The topological polar surface area (TPSA) is 29.5 Å². The molecule has 0 amide bonds. The predicted molar refractivity (Wildman–Crippen MR) is 76.6 cm³/mol. The van der Waals surface area contributed by atoms with E-state index >= 15 is 0 Å². The van der Waals surface area contributed by atoms with Crippen molar-refractivity contribution in [1.82, 2.24) is 0 Å². The number of hydrogen-bond donors (Lipinski definition) is 1. The molecule has 1 saturated carbocycles. The Bertz CT molecular complexity index is 473. The van der Waals surface area contributed by atoms with Crippen LogP contribution in [0.1, 0.15) is 37.7 Å². The highest BCUT2D eigenvalue weighted by Crippen LogP contribution is 2.36. The lowest BCUT2D eigenvalue weighted by Crippen LogP contribution is -2.47. The van der Waals surface area contributed by atoms with Crippen molar-refractivity contribution in [3.05, 3.63) is 33.8 Å². The Balaban J connectivity index is 2.22. The van der Waals surface area contributed by atoms with Crippen molar-refractivity contribution in [2.45, 2.75) is 50.2 Å². The first kappa shape index (κ1) is 15.9. The van der Waals surface area contributed by atoms with Gasteiger partial charge in [0.15, 0.2) is 0 Å². The largest absolute Gasteiger partial charge is 0.390 e. The van der Waals surface area contributed by atoms with Gasteiger partial charge in [-0.3, -0.25) is 0 Å². The average Bonchev–Trinajstić information content (AvgIpc) is 2.48. The van der Waals surface area contributed by atoms with Crippen LogP contribution in [0.15, 0.2) is 16.6 Å². The van der Waals surface area contributed by atoms with E-state index in [1.54, 1.807) is 7.11 Å². The van der Waals surface area contributed by atoms with Crippen LogP contribution in [0.3, 0.4) is 0 Å². The van der Waals surface area contributed by atoms with Gasteiger partial charge in [-0.15, -0.1) is 0 Å². The SMILES string of the molecule is COC1(C(O)Cc2c(F)ccc(Br)c2F)CCCCC1.